The van der Waals surface area contributed by atoms with Crippen LogP contribution in [0.5, 0.6) is 0 Å². The topological polar surface area (TPSA) is 49.4 Å². The summed E-state index contributed by atoms with van der Waals surface area (Å²) in [5, 5.41) is 3.23. The van der Waals surface area contributed by atoms with E-state index >= 15 is 0 Å². The largest absolute Gasteiger partial charge is 0.299 e. The van der Waals surface area contributed by atoms with Crippen LogP contribution in [0.2, 0.25) is 0 Å². The van der Waals surface area contributed by atoms with Gasteiger partial charge in [0.05, 0.1) is 12.5 Å². The van der Waals surface area contributed by atoms with Crippen molar-refractivity contribution in [3.63, 3.8) is 0 Å². The number of rotatable bonds is 4. The molecule has 0 bridgehead atoms. The van der Waals surface area contributed by atoms with Crippen LogP contribution in [0.15, 0.2) is 28.7 Å². The second kappa shape index (κ2) is 5.84. The molecule has 1 saturated heterocycles. The highest BCUT2D eigenvalue weighted by Gasteiger charge is 2.37. The quantitative estimate of drug-likeness (QED) is 0.864. The van der Waals surface area contributed by atoms with Gasteiger partial charge < -0.3 is 0 Å². The van der Waals surface area contributed by atoms with E-state index in [0.717, 1.165) is 10.0 Å². The minimum Gasteiger partial charge on any atom is -0.299 e. The maximum Gasteiger partial charge on any atom is 0.246 e. The summed E-state index contributed by atoms with van der Waals surface area (Å²) in [6, 6.07) is 7.57. The van der Waals surface area contributed by atoms with E-state index in [1.807, 2.05) is 38.1 Å². The molecule has 1 aromatic rings. The number of hydrogen-bond acceptors (Lipinski definition) is 3. The Morgan fingerprint density at radius 2 is 2.00 bits per heavy atom. The fourth-order valence-electron chi connectivity index (χ4n) is 2.30. The first kappa shape index (κ1) is 14.2. The van der Waals surface area contributed by atoms with Crippen LogP contribution in [0, 0.1) is 0 Å². The highest BCUT2D eigenvalue weighted by Crippen LogP contribution is 2.20. The number of nitrogens with zero attached hydrogens (tertiary/aromatic N) is 1. The zero-order valence-corrected chi connectivity index (χ0v) is 12.6. The van der Waals surface area contributed by atoms with Crippen molar-refractivity contribution in [2.45, 2.75) is 32.4 Å². The van der Waals surface area contributed by atoms with Gasteiger partial charge in [0.1, 0.15) is 0 Å². The normalized spacial score (nSPS) is 21.0. The number of halogens is 1. The molecule has 1 aliphatic heterocycles. The lowest BCUT2D eigenvalue weighted by Crippen LogP contribution is -2.39. The second-order valence-electron chi connectivity index (χ2n) is 4.67. The summed E-state index contributed by atoms with van der Waals surface area (Å²) in [5.74, 6) is -0.204. The minimum absolute atomic E-state index is 0.0339. The number of benzene rings is 1. The fraction of sp³-hybridized carbons (Fsp3) is 0.429. The number of nitrogens with one attached hydrogen (secondary N) is 1. The van der Waals surface area contributed by atoms with Gasteiger partial charge in [0.2, 0.25) is 11.8 Å². The number of carbonyl (C=O) groups excluding carboxylic acids is 2. The number of imide groups is 1. The summed E-state index contributed by atoms with van der Waals surface area (Å²) < 4.78 is 1.02. The molecule has 5 heteroatoms. The molecular weight excluding hydrogens is 308 g/mol. The third-order valence-electron chi connectivity index (χ3n) is 3.38. The van der Waals surface area contributed by atoms with Crippen LogP contribution in [0.1, 0.15) is 31.9 Å². The van der Waals surface area contributed by atoms with Gasteiger partial charge in [-0.25, -0.2) is 0 Å². The number of hydrogen-bond donors (Lipinski definition) is 1. The zero-order valence-electron chi connectivity index (χ0n) is 11.0. The molecule has 0 aromatic heterocycles. The predicted octanol–water partition coefficient (Wildman–Crippen LogP) is 2.25. The predicted molar refractivity (Wildman–Crippen MR) is 76.5 cm³/mol. The van der Waals surface area contributed by atoms with Gasteiger partial charge in [0.25, 0.3) is 0 Å². The molecule has 1 aromatic carbocycles. The Morgan fingerprint density at radius 3 is 2.53 bits per heavy atom. The summed E-state index contributed by atoms with van der Waals surface area (Å²) in [4.78, 5) is 25.0. The molecule has 0 saturated carbocycles. The fourth-order valence-corrected chi connectivity index (χ4v) is 2.56. The van der Waals surface area contributed by atoms with Crippen LogP contribution < -0.4 is 5.32 Å². The molecule has 1 heterocycles. The Kier molecular flexibility index (Phi) is 4.37. The van der Waals surface area contributed by atoms with Crippen molar-refractivity contribution in [3.05, 3.63) is 34.3 Å². The standard InChI is InChI=1S/C14H17BrN2O2/c1-3-17-13(18)8-12(14(17)19)16-9(2)10-4-6-11(15)7-5-10/h4-7,9,12,16H,3,8H2,1-2H3. The molecule has 1 fully saturated rings. The van der Waals surface area contributed by atoms with Crippen molar-refractivity contribution >= 4 is 27.7 Å². The zero-order chi connectivity index (χ0) is 14.0. The average molecular weight is 325 g/mol. The number of amides is 2. The van der Waals surface area contributed by atoms with E-state index in [1.54, 1.807) is 0 Å². The van der Waals surface area contributed by atoms with E-state index in [9.17, 15) is 9.59 Å². The van der Waals surface area contributed by atoms with Gasteiger partial charge in [-0.2, -0.15) is 0 Å². The number of likely N-dealkylation sites (tertiary alicyclic amines) is 1. The van der Waals surface area contributed by atoms with Crippen molar-refractivity contribution in [2.75, 3.05) is 6.54 Å². The molecule has 2 atom stereocenters. The highest BCUT2D eigenvalue weighted by atomic mass is 79.9. The summed E-state index contributed by atoms with van der Waals surface area (Å²) in [6.45, 7) is 4.26. The molecule has 1 aliphatic rings. The van der Waals surface area contributed by atoms with E-state index in [4.69, 9.17) is 0 Å². The molecular formula is C14H17BrN2O2. The van der Waals surface area contributed by atoms with Crippen LogP contribution in [0.4, 0.5) is 0 Å². The second-order valence-corrected chi connectivity index (χ2v) is 5.59. The molecule has 1 N–H and O–H groups in total. The van der Waals surface area contributed by atoms with Gasteiger partial charge in [-0.3, -0.25) is 19.8 Å². The van der Waals surface area contributed by atoms with Crippen LogP contribution in [0.3, 0.4) is 0 Å². The Morgan fingerprint density at radius 1 is 1.37 bits per heavy atom. The first-order valence-corrected chi connectivity index (χ1v) is 7.18. The Hall–Kier alpha value is -1.20. The molecule has 4 nitrogen and oxygen atoms in total. The molecule has 0 radical (unpaired) electrons. The lowest BCUT2D eigenvalue weighted by Gasteiger charge is -2.19. The maximum absolute atomic E-state index is 12.0. The van der Waals surface area contributed by atoms with Gasteiger partial charge >= 0.3 is 0 Å². The van der Waals surface area contributed by atoms with Crippen molar-refractivity contribution in [3.8, 4) is 0 Å². The summed E-state index contributed by atoms with van der Waals surface area (Å²) in [6.07, 6.45) is 0.257. The Balaban J connectivity index is 2.04. The van der Waals surface area contributed by atoms with Crippen LogP contribution >= 0.6 is 15.9 Å². The SMILES string of the molecule is CCN1C(=O)CC(NC(C)c2ccc(Br)cc2)C1=O. The van der Waals surface area contributed by atoms with Crippen LogP contribution in [-0.4, -0.2) is 29.3 Å². The first-order valence-electron chi connectivity index (χ1n) is 6.38. The van der Waals surface area contributed by atoms with Gasteiger partial charge in [-0.05, 0) is 31.5 Å². The Bertz CT molecular complexity index is 487. The molecule has 0 spiro atoms. The van der Waals surface area contributed by atoms with Crippen molar-refractivity contribution in [1.82, 2.24) is 10.2 Å². The third kappa shape index (κ3) is 3.04. The lowest BCUT2D eigenvalue weighted by molar-refractivity contribution is -0.138. The van der Waals surface area contributed by atoms with Crippen molar-refractivity contribution < 1.29 is 9.59 Å². The van der Waals surface area contributed by atoms with Gasteiger partial charge in [0, 0.05) is 17.1 Å². The summed E-state index contributed by atoms with van der Waals surface area (Å²) in [5.41, 5.74) is 1.10. The average Bonchev–Trinajstić information content (AvgIpc) is 2.64. The van der Waals surface area contributed by atoms with Crippen molar-refractivity contribution in [1.29, 1.82) is 0 Å². The molecule has 102 valence electrons. The van der Waals surface area contributed by atoms with E-state index in [-0.39, 0.29) is 24.3 Å². The lowest BCUT2D eigenvalue weighted by atomic mass is 10.1. The van der Waals surface area contributed by atoms with Gasteiger partial charge in [-0.1, -0.05) is 28.1 Å². The molecule has 0 aliphatic carbocycles. The van der Waals surface area contributed by atoms with Gasteiger partial charge in [-0.15, -0.1) is 0 Å². The van der Waals surface area contributed by atoms with Crippen LogP contribution in [0.25, 0.3) is 0 Å². The minimum atomic E-state index is -0.397. The molecule has 2 unspecified atom stereocenters. The summed E-state index contributed by atoms with van der Waals surface area (Å²) >= 11 is 3.39. The van der Waals surface area contributed by atoms with E-state index in [2.05, 4.69) is 21.2 Å². The Labute approximate surface area is 121 Å². The van der Waals surface area contributed by atoms with E-state index in [1.165, 1.54) is 4.90 Å². The number of carbonyl (C=O) groups is 2. The third-order valence-corrected chi connectivity index (χ3v) is 3.91. The molecule has 2 amide bonds. The van der Waals surface area contributed by atoms with Gasteiger partial charge in [0.15, 0.2) is 0 Å². The van der Waals surface area contributed by atoms with Crippen molar-refractivity contribution in [2.24, 2.45) is 0 Å². The molecule has 2 rings (SSSR count). The maximum atomic E-state index is 12.0. The van der Waals surface area contributed by atoms with Crippen LogP contribution in [-0.2, 0) is 9.59 Å². The number of likely N-dealkylation sites (N-methyl/N-ethyl adjacent to an activating group) is 1. The first-order chi connectivity index (χ1) is 9.02. The monoisotopic (exact) mass is 324 g/mol. The molecule has 19 heavy (non-hydrogen) atoms. The van der Waals surface area contributed by atoms with E-state index in [0.29, 0.717) is 6.54 Å². The smallest absolute Gasteiger partial charge is 0.246 e. The summed E-state index contributed by atoms with van der Waals surface area (Å²) in [7, 11) is 0. The van der Waals surface area contributed by atoms with E-state index < -0.39 is 6.04 Å². The highest BCUT2D eigenvalue weighted by molar-refractivity contribution is 9.10.